The van der Waals surface area contributed by atoms with Crippen LogP contribution in [0, 0.1) is 5.92 Å². The van der Waals surface area contributed by atoms with Crippen molar-refractivity contribution in [2.75, 3.05) is 23.8 Å². The van der Waals surface area contributed by atoms with Crippen molar-refractivity contribution < 1.29 is 17.9 Å². The molecule has 0 aromatic carbocycles. The van der Waals surface area contributed by atoms with Crippen LogP contribution in [0.1, 0.15) is 56.1 Å². The summed E-state index contributed by atoms with van der Waals surface area (Å²) in [5.74, 6) is 0.144. The number of hydrogen-bond donors (Lipinski definition) is 2. The first kappa shape index (κ1) is 23.0. The summed E-state index contributed by atoms with van der Waals surface area (Å²) in [5, 5.41) is -0.318. The second kappa shape index (κ2) is 8.66. The van der Waals surface area contributed by atoms with Gasteiger partial charge in [-0.25, -0.2) is 14.7 Å². The first-order valence-electron chi connectivity index (χ1n) is 11.0. The van der Waals surface area contributed by atoms with Crippen molar-refractivity contribution in [2.45, 2.75) is 50.6 Å². The summed E-state index contributed by atoms with van der Waals surface area (Å²) in [5.41, 5.74) is 7.23. The molecule has 0 unspecified atom stereocenters. The monoisotopic (exact) mass is 471 g/mol. The summed E-state index contributed by atoms with van der Waals surface area (Å²) >= 11 is 0. The zero-order valence-corrected chi connectivity index (χ0v) is 19.9. The Morgan fingerprint density at radius 1 is 1.24 bits per heavy atom. The molecule has 1 fully saturated rings. The third-order valence-electron chi connectivity index (χ3n) is 5.96. The highest BCUT2D eigenvalue weighted by atomic mass is 32.2. The summed E-state index contributed by atoms with van der Waals surface area (Å²) in [7, 11) is -4.21. The number of carbonyl (C=O) groups is 1. The average molecular weight is 472 g/mol. The normalized spacial score (nSPS) is 20.2. The molecule has 1 saturated heterocycles. The third-order valence-corrected chi connectivity index (χ3v) is 7.19. The molecular weight excluding hydrogens is 442 g/mol. The van der Waals surface area contributed by atoms with E-state index in [1.165, 1.54) is 18.2 Å². The van der Waals surface area contributed by atoms with Crippen LogP contribution in [-0.2, 0) is 14.8 Å². The SMILES string of the molecule is C[C@@H]1CN(c2nc(C3=COCCC3)ccc2C(=O)NS(=O)(=O)c2cccc(N)n2)C(C)(C)C1. The van der Waals surface area contributed by atoms with E-state index in [0.717, 1.165) is 30.5 Å². The largest absolute Gasteiger partial charge is 0.501 e. The number of aromatic nitrogens is 2. The Labute approximate surface area is 194 Å². The highest BCUT2D eigenvalue weighted by Gasteiger charge is 2.39. The summed E-state index contributed by atoms with van der Waals surface area (Å²) in [4.78, 5) is 24.0. The van der Waals surface area contributed by atoms with E-state index in [9.17, 15) is 13.2 Å². The molecule has 0 spiro atoms. The zero-order chi connectivity index (χ0) is 23.8. The van der Waals surface area contributed by atoms with Crippen LogP contribution in [0.4, 0.5) is 11.6 Å². The van der Waals surface area contributed by atoms with Crippen LogP contribution in [-0.4, -0.2) is 43.0 Å². The molecule has 1 atom stereocenters. The quantitative estimate of drug-likeness (QED) is 0.681. The maximum Gasteiger partial charge on any atom is 0.281 e. The number of sulfonamides is 1. The van der Waals surface area contributed by atoms with E-state index in [1.54, 1.807) is 18.4 Å². The lowest BCUT2D eigenvalue weighted by molar-refractivity contribution is 0.0981. The van der Waals surface area contributed by atoms with Crippen LogP contribution < -0.4 is 15.4 Å². The van der Waals surface area contributed by atoms with Gasteiger partial charge in [0.15, 0.2) is 5.03 Å². The number of ether oxygens (including phenoxy) is 1. The van der Waals surface area contributed by atoms with Crippen LogP contribution >= 0.6 is 0 Å². The van der Waals surface area contributed by atoms with Crippen LogP contribution in [0.2, 0.25) is 0 Å². The number of hydrogen-bond acceptors (Lipinski definition) is 8. The van der Waals surface area contributed by atoms with Crippen LogP contribution in [0.25, 0.3) is 5.57 Å². The lowest BCUT2D eigenvalue weighted by atomic mass is 9.97. The lowest BCUT2D eigenvalue weighted by Crippen LogP contribution is -2.41. The van der Waals surface area contributed by atoms with Gasteiger partial charge >= 0.3 is 0 Å². The van der Waals surface area contributed by atoms with Gasteiger partial charge in [-0.15, -0.1) is 0 Å². The molecule has 4 rings (SSSR count). The minimum atomic E-state index is -4.21. The minimum absolute atomic E-state index is 0.0489. The molecule has 4 heterocycles. The fourth-order valence-electron chi connectivity index (χ4n) is 4.53. The zero-order valence-electron chi connectivity index (χ0n) is 19.0. The molecule has 2 aromatic heterocycles. The summed E-state index contributed by atoms with van der Waals surface area (Å²) < 4.78 is 33.2. The van der Waals surface area contributed by atoms with Crippen molar-refractivity contribution in [3.8, 4) is 0 Å². The van der Waals surface area contributed by atoms with Gasteiger partial charge in [-0.2, -0.15) is 8.42 Å². The molecular formula is C23H29N5O4S. The number of nitrogens with zero attached hydrogens (tertiary/aromatic N) is 3. The predicted molar refractivity (Wildman–Crippen MR) is 126 cm³/mol. The second-order valence-electron chi connectivity index (χ2n) is 9.25. The number of allylic oxidation sites excluding steroid dienone is 1. The Kier molecular flexibility index (Phi) is 6.04. The summed E-state index contributed by atoms with van der Waals surface area (Å²) in [6.07, 6.45) is 4.36. The Hall–Kier alpha value is -3.14. The van der Waals surface area contributed by atoms with Gasteiger partial charge in [0.1, 0.15) is 11.6 Å². The van der Waals surface area contributed by atoms with Crippen LogP contribution in [0.5, 0.6) is 0 Å². The van der Waals surface area contributed by atoms with E-state index in [-0.39, 0.29) is 21.9 Å². The highest BCUT2D eigenvalue weighted by molar-refractivity contribution is 7.90. The minimum Gasteiger partial charge on any atom is -0.501 e. The van der Waals surface area contributed by atoms with E-state index >= 15 is 0 Å². The van der Waals surface area contributed by atoms with E-state index < -0.39 is 15.9 Å². The maximum atomic E-state index is 13.2. The Balaban J connectivity index is 1.74. The van der Waals surface area contributed by atoms with Gasteiger partial charge in [-0.1, -0.05) is 13.0 Å². The van der Waals surface area contributed by atoms with E-state index in [1.807, 2.05) is 0 Å². The summed E-state index contributed by atoms with van der Waals surface area (Å²) in [6.45, 7) is 7.73. The Morgan fingerprint density at radius 2 is 2.03 bits per heavy atom. The van der Waals surface area contributed by atoms with Crippen molar-refractivity contribution in [1.82, 2.24) is 14.7 Å². The molecule has 2 aromatic rings. The van der Waals surface area contributed by atoms with Crippen LogP contribution in [0.3, 0.4) is 0 Å². The highest BCUT2D eigenvalue weighted by Crippen LogP contribution is 2.38. The molecule has 9 nitrogen and oxygen atoms in total. The van der Waals surface area contributed by atoms with E-state index in [2.05, 4.69) is 35.4 Å². The van der Waals surface area contributed by atoms with Crippen molar-refractivity contribution >= 4 is 33.1 Å². The predicted octanol–water partition coefficient (Wildman–Crippen LogP) is 2.95. The van der Waals surface area contributed by atoms with Gasteiger partial charge in [0, 0.05) is 17.7 Å². The first-order valence-corrected chi connectivity index (χ1v) is 12.4. The molecule has 0 radical (unpaired) electrons. The molecule has 0 saturated carbocycles. The Morgan fingerprint density at radius 3 is 2.67 bits per heavy atom. The van der Waals surface area contributed by atoms with E-state index in [0.29, 0.717) is 24.9 Å². The molecule has 0 aliphatic carbocycles. The van der Waals surface area contributed by atoms with Crippen molar-refractivity contribution in [2.24, 2.45) is 5.92 Å². The first-order chi connectivity index (χ1) is 15.6. The van der Waals surface area contributed by atoms with Gasteiger partial charge in [-0.3, -0.25) is 4.79 Å². The van der Waals surface area contributed by atoms with Crippen molar-refractivity contribution in [3.05, 3.63) is 47.9 Å². The molecule has 10 heteroatoms. The van der Waals surface area contributed by atoms with Gasteiger partial charge in [0.25, 0.3) is 15.9 Å². The second-order valence-corrected chi connectivity index (χ2v) is 10.9. The molecule has 2 aliphatic heterocycles. The number of amides is 1. The van der Waals surface area contributed by atoms with Crippen molar-refractivity contribution in [3.63, 3.8) is 0 Å². The molecule has 3 N–H and O–H groups in total. The summed E-state index contributed by atoms with van der Waals surface area (Å²) in [6, 6.07) is 7.59. The van der Waals surface area contributed by atoms with Crippen molar-refractivity contribution in [1.29, 1.82) is 0 Å². The molecule has 0 bridgehead atoms. The average Bonchev–Trinajstić information content (AvgIpc) is 3.05. The smallest absolute Gasteiger partial charge is 0.281 e. The number of carbonyl (C=O) groups excluding carboxylic acids is 1. The number of nitrogens with two attached hydrogens (primary N) is 1. The molecule has 2 aliphatic rings. The van der Waals surface area contributed by atoms with E-state index in [4.69, 9.17) is 15.5 Å². The number of pyridine rings is 2. The van der Waals surface area contributed by atoms with Gasteiger partial charge in [0.2, 0.25) is 0 Å². The van der Waals surface area contributed by atoms with Gasteiger partial charge in [0.05, 0.1) is 24.1 Å². The molecule has 33 heavy (non-hydrogen) atoms. The third kappa shape index (κ3) is 4.80. The molecule has 176 valence electrons. The topological polar surface area (TPSA) is 128 Å². The number of anilines is 2. The van der Waals surface area contributed by atoms with Crippen LogP contribution in [0.15, 0.2) is 41.6 Å². The lowest BCUT2D eigenvalue weighted by Gasteiger charge is -2.34. The molecule has 1 amide bonds. The van der Waals surface area contributed by atoms with Gasteiger partial charge < -0.3 is 15.4 Å². The maximum absolute atomic E-state index is 13.2. The number of nitrogens with one attached hydrogen (secondary N) is 1. The number of nitrogen functional groups attached to an aromatic ring is 1. The fraction of sp³-hybridized carbons (Fsp3) is 0.435. The standard InChI is InChI=1S/C23H29N5O4S/c1-15-12-23(2,3)28(13-15)21-17(9-10-18(25-21)16-6-5-11-32-14-16)22(29)27-33(30,31)20-8-4-7-19(24)26-20/h4,7-10,14-15H,5-6,11-13H2,1-3H3,(H2,24,26)(H,27,29)/t15-/m0/s1. The fourth-order valence-corrected chi connectivity index (χ4v) is 5.47. The Bertz CT molecular complexity index is 1210. The van der Waals surface area contributed by atoms with Gasteiger partial charge in [-0.05, 0) is 63.3 Å². The number of rotatable bonds is 5.